The van der Waals surface area contributed by atoms with Gasteiger partial charge in [-0.1, -0.05) is 60.7 Å². The monoisotopic (exact) mass is 389 g/mol. The molecule has 3 aromatic rings. The molecule has 0 radical (unpaired) electrons. The molecule has 0 saturated heterocycles. The molecule has 1 aliphatic rings. The van der Waals surface area contributed by atoms with Crippen LogP contribution >= 0.6 is 0 Å². The number of nitro benzene ring substituents is 1. The topological polar surface area (TPSA) is 77.2 Å². The third-order valence-corrected chi connectivity index (χ3v) is 4.49. The van der Waals surface area contributed by atoms with Crippen LogP contribution in [-0.2, 0) is 13.1 Å². The highest BCUT2D eigenvalue weighted by molar-refractivity contribution is 5.87. The van der Waals surface area contributed by atoms with Crippen molar-refractivity contribution in [2.24, 2.45) is 5.10 Å². The third-order valence-electron chi connectivity index (χ3n) is 4.49. The molecule has 0 bridgehead atoms. The molecule has 0 aromatic heterocycles. The Morgan fingerprint density at radius 1 is 0.931 bits per heavy atom. The highest BCUT2D eigenvalue weighted by atomic mass is 16.7. The lowest BCUT2D eigenvalue weighted by Gasteiger charge is -2.19. The van der Waals surface area contributed by atoms with Crippen molar-refractivity contribution < 1.29 is 14.4 Å². The maximum atomic E-state index is 11.5. The average molecular weight is 389 g/mol. The first kappa shape index (κ1) is 18.5. The maximum absolute atomic E-state index is 11.5. The standard InChI is InChI=1S/C22H19N3O4/c26-25(27)20-12-22-21(28-16-29-22)11-19(20)13-23-24(14-17-7-3-1-4-8-17)15-18-9-5-2-6-10-18/h1-13H,14-16H2/b23-13-. The zero-order valence-electron chi connectivity index (χ0n) is 15.6. The Kier molecular flexibility index (Phi) is 5.38. The van der Waals surface area contributed by atoms with E-state index in [-0.39, 0.29) is 12.5 Å². The van der Waals surface area contributed by atoms with E-state index in [9.17, 15) is 10.1 Å². The van der Waals surface area contributed by atoms with E-state index >= 15 is 0 Å². The molecule has 3 aromatic carbocycles. The SMILES string of the molecule is O=[N+]([O-])c1cc2c(cc1/C=N\N(Cc1ccccc1)Cc1ccccc1)OCO2. The average Bonchev–Trinajstić information content (AvgIpc) is 3.20. The van der Waals surface area contributed by atoms with Gasteiger partial charge in [0.05, 0.1) is 35.9 Å². The summed E-state index contributed by atoms with van der Waals surface area (Å²) in [6, 6.07) is 22.9. The molecule has 1 heterocycles. The Morgan fingerprint density at radius 3 is 2.03 bits per heavy atom. The Morgan fingerprint density at radius 2 is 1.48 bits per heavy atom. The predicted molar refractivity (Wildman–Crippen MR) is 109 cm³/mol. The lowest BCUT2D eigenvalue weighted by atomic mass is 10.1. The maximum Gasteiger partial charge on any atom is 0.282 e. The minimum Gasteiger partial charge on any atom is -0.454 e. The van der Waals surface area contributed by atoms with Gasteiger partial charge in [0.25, 0.3) is 5.69 Å². The van der Waals surface area contributed by atoms with Crippen LogP contribution in [0.4, 0.5) is 5.69 Å². The number of ether oxygens (including phenoxy) is 2. The van der Waals surface area contributed by atoms with Gasteiger partial charge in [0.1, 0.15) is 0 Å². The van der Waals surface area contributed by atoms with Gasteiger partial charge >= 0.3 is 0 Å². The largest absolute Gasteiger partial charge is 0.454 e. The van der Waals surface area contributed by atoms with Crippen molar-refractivity contribution in [3.05, 3.63) is 99.6 Å². The van der Waals surface area contributed by atoms with Crippen LogP contribution in [0.1, 0.15) is 16.7 Å². The van der Waals surface area contributed by atoms with Crippen molar-refractivity contribution in [1.82, 2.24) is 5.01 Å². The number of rotatable bonds is 7. The zero-order valence-corrected chi connectivity index (χ0v) is 15.6. The molecule has 0 aliphatic carbocycles. The van der Waals surface area contributed by atoms with Crippen molar-refractivity contribution in [3.8, 4) is 11.5 Å². The zero-order chi connectivity index (χ0) is 20.1. The van der Waals surface area contributed by atoms with E-state index in [0.717, 1.165) is 11.1 Å². The van der Waals surface area contributed by atoms with Gasteiger partial charge in [-0.05, 0) is 17.2 Å². The summed E-state index contributed by atoms with van der Waals surface area (Å²) in [7, 11) is 0. The first-order valence-corrected chi connectivity index (χ1v) is 9.14. The Labute approximate surface area is 168 Å². The second-order valence-corrected chi connectivity index (χ2v) is 6.56. The fourth-order valence-electron chi connectivity index (χ4n) is 3.08. The molecular weight excluding hydrogens is 370 g/mol. The summed E-state index contributed by atoms with van der Waals surface area (Å²) in [6.45, 7) is 1.20. The van der Waals surface area contributed by atoms with Gasteiger partial charge in [0, 0.05) is 0 Å². The molecule has 0 amide bonds. The molecule has 0 saturated carbocycles. The molecular formula is C22H19N3O4. The fourth-order valence-corrected chi connectivity index (χ4v) is 3.08. The lowest BCUT2D eigenvalue weighted by Crippen LogP contribution is -2.17. The third kappa shape index (κ3) is 4.52. The van der Waals surface area contributed by atoms with E-state index in [0.29, 0.717) is 30.2 Å². The summed E-state index contributed by atoms with van der Waals surface area (Å²) < 4.78 is 10.6. The summed E-state index contributed by atoms with van der Waals surface area (Å²) in [6.07, 6.45) is 1.51. The first-order valence-electron chi connectivity index (χ1n) is 9.14. The van der Waals surface area contributed by atoms with E-state index in [4.69, 9.17) is 9.47 Å². The van der Waals surface area contributed by atoms with Crippen LogP contribution in [0.3, 0.4) is 0 Å². The van der Waals surface area contributed by atoms with Crippen LogP contribution < -0.4 is 9.47 Å². The van der Waals surface area contributed by atoms with Crippen LogP contribution in [0.5, 0.6) is 11.5 Å². The summed E-state index contributed by atoms with van der Waals surface area (Å²) >= 11 is 0. The van der Waals surface area contributed by atoms with Gasteiger partial charge in [0.15, 0.2) is 11.5 Å². The van der Waals surface area contributed by atoms with Gasteiger partial charge in [-0.25, -0.2) is 0 Å². The summed E-state index contributed by atoms with van der Waals surface area (Å²) in [5.74, 6) is 0.856. The lowest BCUT2D eigenvalue weighted by molar-refractivity contribution is -0.385. The number of nitro groups is 1. The van der Waals surface area contributed by atoms with Crippen molar-refractivity contribution in [1.29, 1.82) is 0 Å². The second-order valence-electron chi connectivity index (χ2n) is 6.56. The van der Waals surface area contributed by atoms with E-state index in [1.165, 1.54) is 12.3 Å². The minimum atomic E-state index is -0.442. The Bertz CT molecular complexity index is 981. The molecule has 0 fully saturated rings. The van der Waals surface area contributed by atoms with Gasteiger partial charge in [0.2, 0.25) is 6.79 Å². The Balaban J connectivity index is 1.63. The van der Waals surface area contributed by atoms with Gasteiger partial charge in [-0.2, -0.15) is 5.10 Å². The molecule has 1 aliphatic heterocycles. The summed E-state index contributed by atoms with van der Waals surface area (Å²) in [5.41, 5.74) is 2.49. The quantitative estimate of drug-likeness (QED) is 0.341. The minimum absolute atomic E-state index is 0.0568. The van der Waals surface area contributed by atoms with Crippen LogP contribution in [-0.4, -0.2) is 22.9 Å². The number of nitrogens with zero attached hydrogens (tertiary/aromatic N) is 3. The normalized spacial score (nSPS) is 12.3. The summed E-state index contributed by atoms with van der Waals surface area (Å²) in [4.78, 5) is 11.0. The van der Waals surface area contributed by atoms with E-state index in [2.05, 4.69) is 5.10 Å². The smallest absolute Gasteiger partial charge is 0.282 e. The van der Waals surface area contributed by atoms with Crippen LogP contribution in [0.2, 0.25) is 0 Å². The van der Waals surface area contributed by atoms with Crippen LogP contribution in [0.25, 0.3) is 0 Å². The number of hydrogen-bond donors (Lipinski definition) is 0. The molecule has 0 atom stereocenters. The van der Waals surface area contributed by atoms with E-state index in [1.54, 1.807) is 6.07 Å². The van der Waals surface area contributed by atoms with Crippen molar-refractivity contribution in [2.45, 2.75) is 13.1 Å². The predicted octanol–water partition coefficient (Wildman–Crippen LogP) is 4.36. The number of hydrogen-bond acceptors (Lipinski definition) is 6. The molecule has 7 nitrogen and oxygen atoms in total. The highest BCUT2D eigenvalue weighted by Crippen LogP contribution is 2.37. The second kappa shape index (κ2) is 8.43. The van der Waals surface area contributed by atoms with E-state index in [1.807, 2.05) is 65.7 Å². The molecule has 0 spiro atoms. The van der Waals surface area contributed by atoms with Gasteiger partial charge in [-0.15, -0.1) is 0 Å². The first-order chi connectivity index (χ1) is 14.2. The van der Waals surface area contributed by atoms with Crippen molar-refractivity contribution in [3.63, 3.8) is 0 Å². The Hall–Kier alpha value is -3.87. The summed E-state index contributed by atoms with van der Waals surface area (Å²) in [5, 5.41) is 17.9. The molecule has 7 heteroatoms. The van der Waals surface area contributed by atoms with Crippen LogP contribution in [0.15, 0.2) is 77.9 Å². The molecule has 29 heavy (non-hydrogen) atoms. The number of fused-ring (bicyclic) bond motifs is 1. The van der Waals surface area contributed by atoms with Gasteiger partial charge < -0.3 is 9.47 Å². The number of benzene rings is 3. The molecule has 0 unspecified atom stereocenters. The molecule has 4 rings (SSSR count). The molecule has 146 valence electrons. The van der Waals surface area contributed by atoms with Crippen molar-refractivity contribution >= 4 is 11.9 Å². The fraction of sp³-hybridized carbons (Fsp3) is 0.136. The molecule has 0 N–H and O–H groups in total. The van der Waals surface area contributed by atoms with Crippen molar-refractivity contribution in [2.75, 3.05) is 6.79 Å². The highest BCUT2D eigenvalue weighted by Gasteiger charge is 2.22. The van der Waals surface area contributed by atoms with Gasteiger partial charge in [-0.3, -0.25) is 15.1 Å². The number of hydrazone groups is 1. The van der Waals surface area contributed by atoms with E-state index < -0.39 is 4.92 Å². The van der Waals surface area contributed by atoms with Crippen LogP contribution in [0, 0.1) is 10.1 Å².